The lowest BCUT2D eigenvalue weighted by Gasteiger charge is -2.17. The Balaban J connectivity index is 2.20. The summed E-state index contributed by atoms with van der Waals surface area (Å²) in [6.07, 6.45) is 1.16. The quantitative estimate of drug-likeness (QED) is 0.877. The summed E-state index contributed by atoms with van der Waals surface area (Å²) >= 11 is 3.32. The van der Waals surface area contributed by atoms with E-state index in [0.29, 0.717) is 5.56 Å². The molecule has 0 spiro atoms. The number of nitrogens with one attached hydrogen (secondary N) is 1. The van der Waals surface area contributed by atoms with Gasteiger partial charge in [-0.2, -0.15) is 0 Å². The first-order valence-corrected chi connectivity index (χ1v) is 8.97. The molecule has 2 aromatic carbocycles. The van der Waals surface area contributed by atoms with Gasteiger partial charge in [0.05, 0.1) is 10.9 Å². The molecule has 0 radical (unpaired) electrons. The molecule has 0 aliphatic carbocycles. The summed E-state index contributed by atoms with van der Waals surface area (Å²) in [5, 5.41) is 3.15. The lowest BCUT2D eigenvalue weighted by molar-refractivity contribution is 0.600. The van der Waals surface area contributed by atoms with E-state index in [1.807, 2.05) is 6.92 Å². The van der Waals surface area contributed by atoms with Crippen molar-refractivity contribution in [2.75, 3.05) is 11.6 Å². The second-order valence-corrected chi connectivity index (χ2v) is 7.76. The number of benzene rings is 2. The zero-order valence-corrected chi connectivity index (χ0v) is 14.0. The van der Waals surface area contributed by atoms with Crippen molar-refractivity contribution < 1.29 is 12.8 Å². The molecule has 0 bridgehead atoms. The lowest BCUT2D eigenvalue weighted by atomic mass is 10.1. The molecule has 1 N–H and O–H groups in total. The highest BCUT2D eigenvalue weighted by Crippen LogP contribution is 2.25. The smallest absolute Gasteiger partial charge is 0.175 e. The molecule has 0 fully saturated rings. The van der Waals surface area contributed by atoms with Gasteiger partial charge >= 0.3 is 0 Å². The Morgan fingerprint density at radius 2 is 1.76 bits per heavy atom. The predicted molar refractivity (Wildman–Crippen MR) is 85.7 cm³/mol. The first kappa shape index (κ1) is 16.0. The molecule has 0 saturated carbocycles. The summed E-state index contributed by atoms with van der Waals surface area (Å²) in [5.41, 5.74) is 1.27. The summed E-state index contributed by atoms with van der Waals surface area (Å²) in [7, 11) is -3.21. The van der Waals surface area contributed by atoms with Crippen LogP contribution >= 0.6 is 15.9 Å². The average molecular weight is 372 g/mol. The highest BCUT2D eigenvalue weighted by molar-refractivity contribution is 9.10. The fourth-order valence-corrected chi connectivity index (χ4v) is 2.98. The van der Waals surface area contributed by atoms with E-state index in [9.17, 15) is 12.8 Å². The third-order valence-electron chi connectivity index (χ3n) is 3.09. The van der Waals surface area contributed by atoms with Crippen LogP contribution in [0.3, 0.4) is 0 Å². The molecule has 2 aromatic rings. The van der Waals surface area contributed by atoms with E-state index in [1.165, 1.54) is 18.2 Å². The van der Waals surface area contributed by atoms with Crippen LogP contribution < -0.4 is 5.32 Å². The van der Waals surface area contributed by atoms with Crippen LogP contribution in [0.5, 0.6) is 0 Å². The van der Waals surface area contributed by atoms with E-state index in [-0.39, 0.29) is 16.8 Å². The predicted octanol–water partition coefficient (Wildman–Crippen LogP) is 4.16. The topological polar surface area (TPSA) is 46.2 Å². The van der Waals surface area contributed by atoms with Crippen molar-refractivity contribution in [2.45, 2.75) is 17.9 Å². The van der Waals surface area contributed by atoms with E-state index in [1.54, 1.807) is 24.3 Å². The molecule has 2 rings (SSSR count). The minimum atomic E-state index is -3.21. The first-order chi connectivity index (χ1) is 9.77. The second-order valence-electron chi connectivity index (χ2n) is 4.83. The standard InChI is InChI=1S/C15H15BrFNO2S/c1-10(14-9-11(16)3-8-15(14)17)18-12-4-6-13(7-5-12)21(2,19)20/h3-10,18H,1-2H3. The highest BCUT2D eigenvalue weighted by atomic mass is 79.9. The number of halogens is 2. The van der Waals surface area contributed by atoms with Gasteiger partial charge in [-0.3, -0.25) is 0 Å². The summed E-state index contributed by atoms with van der Waals surface area (Å²) in [4.78, 5) is 0.259. The summed E-state index contributed by atoms with van der Waals surface area (Å²) in [6, 6.07) is 10.9. The van der Waals surface area contributed by atoms with E-state index in [2.05, 4.69) is 21.2 Å². The highest BCUT2D eigenvalue weighted by Gasteiger charge is 2.12. The van der Waals surface area contributed by atoms with Gasteiger partial charge in [-0.25, -0.2) is 12.8 Å². The number of hydrogen-bond acceptors (Lipinski definition) is 3. The average Bonchev–Trinajstić information content (AvgIpc) is 2.41. The van der Waals surface area contributed by atoms with Crippen molar-refractivity contribution in [1.82, 2.24) is 0 Å². The van der Waals surface area contributed by atoms with Gasteiger partial charge in [0.2, 0.25) is 0 Å². The normalized spacial score (nSPS) is 13.0. The molecule has 1 atom stereocenters. The Hall–Kier alpha value is -1.40. The van der Waals surface area contributed by atoms with E-state index in [0.717, 1.165) is 16.4 Å². The zero-order chi connectivity index (χ0) is 15.6. The Morgan fingerprint density at radius 1 is 1.14 bits per heavy atom. The number of sulfone groups is 1. The third-order valence-corrected chi connectivity index (χ3v) is 4.71. The molecule has 0 heterocycles. The zero-order valence-electron chi connectivity index (χ0n) is 11.6. The molecule has 1 unspecified atom stereocenters. The van der Waals surface area contributed by atoms with Crippen molar-refractivity contribution in [3.8, 4) is 0 Å². The maximum absolute atomic E-state index is 13.8. The van der Waals surface area contributed by atoms with Crippen LogP contribution in [0.4, 0.5) is 10.1 Å². The van der Waals surface area contributed by atoms with Gasteiger partial charge in [0.1, 0.15) is 5.82 Å². The molecule has 0 aliphatic rings. The Labute approximate surface area is 132 Å². The second kappa shape index (κ2) is 6.15. The van der Waals surface area contributed by atoms with Gasteiger partial charge < -0.3 is 5.32 Å². The van der Waals surface area contributed by atoms with Crippen LogP contribution in [-0.4, -0.2) is 14.7 Å². The van der Waals surface area contributed by atoms with Gasteiger partial charge in [-0.15, -0.1) is 0 Å². The Kier molecular flexibility index (Phi) is 4.68. The van der Waals surface area contributed by atoms with Crippen LogP contribution in [-0.2, 0) is 9.84 Å². The Morgan fingerprint density at radius 3 is 2.33 bits per heavy atom. The molecule has 0 aromatic heterocycles. The van der Waals surface area contributed by atoms with Crippen LogP contribution in [0.15, 0.2) is 51.8 Å². The molecule has 112 valence electrons. The number of anilines is 1. The van der Waals surface area contributed by atoms with Gasteiger partial charge in [0.15, 0.2) is 9.84 Å². The maximum atomic E-state index is 13.8. The number of hydrogen-bond donors (Lipinski definition) is 1. The SMILES string of the molecule is CC(Nc1ccc(S(C)(=O)=O)cc1)c1cc(Br)ccc1F. The summed E-state index contributed by atoms with van der Waals surface area (Å²) in [6.45, 7) is 1.84. The largest absolute Gasteiger partial charge is 0.378 e. The molecule has 0 aliphatic heterocycles. The third kappa shape index (κ3) is 4.04. The fraction of sp³-hybridized carbons (Fsp3) is 0.200. The van der Waals surface area contributed by atoms with Crippen molar-refractivity contribution in [3.63, 3.8) is 0 Å². The van der Waals surface area contributed by atoms with Crippen LogP contribution in [0.1, 0.15) is 18.5 Å². The van der Waals surface area contributed by atoms with Crippen molar-refractivity contribution in [2.24, 2.45) is 0 Å². The van der Waals surface area contributed by atoms with Gasteiger partial charge in [0.25, 0.3) is 0 Å². The van der Waals surface area contributed by atoms with Gasteiger partial charge in [0, 0.05) is 22.0 Å². The molecule has 3 nitrogen and oxygen atoms in total. The molecule has 21 heavy (non-hydrogen) atoms. The number of rotatable bonds is 4. The monoisotopic (exact) mass is 371 g/mol. The fourth-order valence-electron chi connectivity index (χ4n) is 1.97. The van der Waals surface area contributed by atoms with Crippen LogP contribution in [0.25, 0.3) is 0 Å². The van der Waals surface area contributed by atoms with Gasteiger partial charge in [-0.1, -0.05) is 15.9 Å². The minimum Gasteiger partial charge on any atom is -0.378 e. The van der Waals surface area contributed by atoms with Crippen molar-refractivity contribution in [3.05, 3.63) is 58.3 Å². The Bertz CT molecular complexity index is 745. The minimum absolute atomic E-state index is 0.244. The lowest BCUT2D eigenvalue weighted by Crippen LogP contribution is -2.09. The van der Waals surface area contributed by atoms with Crippen LogP contribution in [0, 0.1) is 5.82 Å². The molecular formula is C15H15BrFNO2S. The molecule has 6 heteroatoms. The van der Waals surface area contributed by atoms with Crippen molar-refractivity contribution in [1.29, 1.82) is 0 Å². The maximum Gasteiger partial charge on any atom is 0.175 e. The van der Waals surface area contributed by atoms with E-state index >= 15 is 0 Å². The summed E-state index contributed by atoms with van der Waals surface area (Å²) < 4.78 is 37.4. The molecule has 0 saturated heterocycles. The van der Waals surface area contributed by atoms with E-state index in [4.69, 9.17) is 0 Å². The van der Waals surface area contributed by atoms with Crippen LogP contribution in [0.2, 0.25) is 0 Å². The van der Waals surface area contributed by atoms with Gasteiger partial charge in [-0.05, 0) is 49.4 Å². The van der Waals surface area contributed by atoms with E-state index < -0.39 is 9.84 Å². The molecular weight excluding hydrogens is 357 g/mol. The summed E-state index contributed by atoms with van der Waals surface area (Å²) in [5.74, 6) is -0.286. The first-order valence-electron chi connectivity index (χ1n) is 6.29. The molecule has 0 amide bonds. The van der Waals surface area contributed by atoms with Crippen molar-refractivity contribution >= 4 is 31.5 Å².